The van der Waals surface area contributed by atoms with Gasteiger partial charge in [0.05, 0.1) is 0 Å². The maximum absolute atomic E-state index is 3.64. The molecule has 0 N–H and O–H groups in total. The van der Waals surface area contributed by atoms with Gasteiger partial charge in [-0.25, -0.2) is 0 Å². The molecule has 0 unspecified atom stereocenters. The summed E-state index contributed by atoms with van der Waals surface area (Å²) in [5.41, 5.74) is 6.20. The van der Waals surface area contributed by atoms with Crippen molar-refractivity contribution < 1.29 is 0 Å². The second-order valence-electron chi connectivity index (χ2n) is 5.15. The van der Waals surface area contributed by atoms with Crippen LogP contribution in [0.3, 0.4) is 0 Å². The summed E-state index contributed by atoms with van der Waals surface area (Å²) < 4.78 is 1.33. The number of hydrogen-bond donors (Lipinski definition) is 0. The molecule has 82 valence electrons. The zero-order valence-electron chi connectivity index (χ0n) is 9.68. The quantitative estimate of drug-likeness (QED) is 0.637. The topological polar surface area (TPSA) is 0 Å². The lowest BCUT2D eigenvalue weighted by molar-refractivity contribution is 0.607. The van der Waals surface area contributed by atoms with E-state index in [1.54, 1.807) is 5.57 Å². The predicted octanol–water partition coefficient (Wildman–Crippen LogP) is 4.80. The Hall–Kier alpha value is -0.820. The van der Waals surface area contributed by atoms with Crippen molar-refractivity contribution in [2.24, 2.45) is 0 Å². The predicted molar refractivity (Wildman–Crippen MR) is 72.6 cm³/mol. The van der Waals surface area contributed by atoms with Crippen LogP contribution < -0.4 is 0 Å². The van der Waals surface area contributed by atoms with E-state index in [0.717, 1.165) is 6.42 Å². The molecule has 0 nitrogen and oxygen atoms in total. The SMILES string of the molecule is CC1(C)C2=C(C=C(Br)CC2)c2ccccc21. The summed E-state index contributed by atoms with van der Waals surface area (Å²) in [4.78, 5) is 0. The van der Waals surface area contributed by atoms with Gasteiger partial charge in [0.2, 0.25) is 0 Å². The Balaban J connectivity index is 2.28. The smallest absolute Gasteiger partial charge is 0.0121 e. The summed E-state index contributed by atoms with van der Waals surface area (Å²) in [5, 5.41) is 0. The second-order valence-corrected chi connectivity index (χ2v) is 6.17. The van der Waals surface area contributed by atoms with Crippen molar-refractivity contribution in [1.29, 1.82) is 0 Å². The van der Waals surface area contributed by atoms with Crippen molar-refractivity contribution in [1.82, 2.24) is 0 Å². The van der Waals surface area contributed by atoms with E-state index >= 15 is 0 Å². The molecule has 0 aliphatic heterocycles. The van der Waals surface area contributed by atoms with Gasteiger partial charge in [-0.3, -0.25) is 0 Å². The number of benzene rings is 1. The van der Waals surface area contributed by atoms with Gasteiger partial charge < -0.3 is 0 Å². The molecule has 0 fully saturated rings. The number of rotatable bonds is 0. The van der Waals surface area contributed by atoms with E-state index in [4.69, 9.17) is 0 Å². The Morgan fingerprint density at radius 2 is 1.88 bits per heavy atom. The van der Waals surface area contributed by atoms with E-state index in [9.17, 15) is 0 Å². The van der Waals surface area contributed by atoms with Crippen LogP contribution >= 0.6 is 15.9 Å². The Kier molecular flexibility index (Phi) is 2.16. The van der Waals surface area contributed by atoms with Crippen LogP contribution in [0, 0.1) is 0 Å². The molecule has 0 spiro atoms. The van der Waals surface area contributed by atoms with Crippen LogP contribution in [-0.2, 0) is 5.41 Å². The molecule has 16 heavy (non-hydrogen) atoms. The maximum atomic E-state index is 3.64. The van der Waals surface area contributed by atoms with E-state index in [2.05, 4.69) is 60.1 Å². The highest BCUT2D eigenvalue weighted by Gasteiger charge is 2.37. The number of fused-ring (bicyclic) bond motifs is 2. The molecule has 1 aromatic carbocycles. The van der Waals surface area contributed by atoms with Gasteiger partial charge in [-0.1, -0.05) is 59.6 Å². The second kappa shape index (κ2) is 3.33. The average molecular weight is 275 g/mol. The first-order valence-electron chi connectivity index (χ1n) is 5.80. The van der Waals surface area contributed by atoms with E-state index in [0.29, 0.717) is 0 Å². The minimum Gasteiger partial charge on any atom is -0.0619 e. The molecule has 2 aliphatic rings. The molecular formula is C15H15Br. The summed E-state index contributed by atoms with van der Waals surface area (Å²) in [6, 6.07) is 8.82. The molecule has 0 aromatic heterocycles. The van der Waals surface area contributed by atoms with Crippen molar-refractivity contribution in [3.05, 3.63) is 51.5 Å². The van der Waals surface area contributed by atoms with Gasteiger partial charge in [-0.05, 0) is 40.1 Å². The molecule has 0 saturated heterocycles. The van der Waals surface area contributed by atoms with Gasteiger partial charge >= 0.3 is 0 Å². The molecule has 0 atom stereocenters. The third kappa shape index (κ3) is 1.27. The Morgan fingerprint density at radius 1 is 1.12 bits per heavy atom. The first-order valence-corrected chi connectivity index (χ1v) is 6.59. The average Bonchev–Trinajstić information content (AvgIpc) is 2.49. The summed E-state index contributed by atoms with van der Waals surface area (Å²) in [6.45, 7) is 4.70. The fourth-order valence-corrected chi connectivity index (χ4v) is 3.44. The van der Waals surface area contributed by atoms with Gasteiger partial charge in [0, 0.05) is 5.41 Å². The summed E-state index contributed by atoms with van der Waals surface area (Å²) in [6.07, 6.45) is 4.65. The summed E-state index contributed by atoms with van der Waals surface area (Å²) in [5.74, 6) is 0. The van der Waals surface area contributed by atoms with Crippen molar-refractivity contribution in [3.8, 4) is 0 Å². The zero-order chi connectivity index (χ0) is 11.3. The highest BCUT2D eigenvalue weighted by atomic mass is 79.9. The van der Waals surface area contributed by atoms with Crippen LogP contribution in [0.2, 0.25) is 0 Å². The molecule has 0 amide bonds. The van der Waals surface area contributed by atoms with Crippen LogP contribution in [-0.4, -0.2) is 0 Å². The van der Waals surface area contributed by atoms with Crippen LogP contribution in [0.1, 0.15) is 37.8 Å². The summed E-state index contributed by atoms with van der Waals surface area (Å²) in [7, 11) is 0. The maximum Gasteiger partial charge on any atom is 0.0121 e. The standard InChI is InChI=1S/C15H15Br/c1-15(2)13-6-4-3-5-11(13)12-9-10(16)7-8-14(12)15/h3-6,9H,7-8H2,1-2H3. The van der Waals surface area contributed by atoms with Gasteiger partial charge in [-0.2, -0.15) is 0 Å². The highest BCUT2D eigenvalue weighted by molar-refractivity contribution is 9.11. The van der Waals surface area contributed by atoms with Gasteiger partial charge in [0.25, 0.3) is 0 Å². The summed E-state index contributed by atoms with van der Waals surface area (Å²) >= 11 is 3.64. The minimum absolute atomic E-state index is 0.218. The monoisotopic (exact) mass is 274 g/mol. The number of hydrogen-bond acceptors (Lipinski definition) is 0. The lowest BCUT2D eigenvalue weighted by Crippen LogP contribution is -2.17. The first kappa shape index (κ1) is 10.3. The normalized spacial score (nSPS) is 21.6. The molecule has 0 saturated carbocycles. The minimum atomic E-state index is 0.218. The van der Waals surface area contributed by atoms with Gasteiger partial charge in [0.1, 0.15) is 0 Å². The molecule has 1 aromatic rings. The molecule has 0 heterocycles. The van der Waals surface area contributed by atoms with E-state index in [-0.39, 0.29) is 5.41 Å². The Morgan fingerprint density at radius 3 is 2.69 bits per heavy atom. The van der Waals surface area contributed by atoms with E-state index in [1.807, 2.05) is 0 Å². The molecule has 0 bridgehead atoms. The fraction of sp³-hybridized carbons (Fsp3) is 0.333. The third-order valence-electron chi connectivity index (χ3n) is 3.88. The van der Waals surface area contributed by atoms with Crippen molar-refractivity contribution in [2.45, 2.75) is 32.1 Å². The van der Waals surface area contributed by atoms with Crippen LogP contribution in [0.4, 0.5) is 0 Å². The number of allylic oxidation sites excluding steroid dienone is 4. The van der Waals surface area contributed by atoms with E-state index in [1.165, 1.54) is 27.6 Å². The molecule has 2 aliphatic carbocycles. The fourth-order valence-electron chi connectivity index (χ4n) is 3.01. The molecule has 1 heteroatoms. The zero-order valence-corrected chi connectivity index (χ0v) is 11.3. The van der Waals surface area contributed by atoms with Crippen molar-refractivity contribution in [3.63, 3.8) is 0 Å². The van der Waals surface area contributed by atoms with Gasteiger partial charge in [-0.15, -0.1) is 0 Å². The van der Waals surface area contributed by atoms with Crippen LogP contribution in [0.5, 0.6) is 0 Å². The highest BCUT2D eigenvalue weighted by Crippen LogP contribution is 2.51. The van der Waals surface area contributed by atoms with Crippen LogP contribution in [0.15, 0.2) is 40.4 Å². The largest absolute Gasteiger partial charge is 0.0619 e. The lowest BCUT2D eigenvalue weighted by Gasteiger charge is -2.26. The van der Waals surface area contributed by atoms with Gasteiger partial charge in [0.15, 0.2) is 0 Å². The molecule has 0 radical (unpaired) electrons. The first-order chi connectivity index (χ1) is 7.60. The van der Waals surface area contributed by atoms with Crippen molar-refractivity contribution >= 4 is 21.5 Å². The lowest BCUT2D eigenvalue weighted by atomic mass is 9.79. The Bertz CT molecular complexity index is 518. The van der Waals surface area contributed by atoms with Crippen LogP contribution in [0.25, 0.3) is 5.57 Å². The van der Waals surface area contributed by atoms with E-state index < -0.39 is 0 Å². The third-order valence-corrected chi connectivity index (χ3v) is 4.51. The molecular weight excluding hydrogens is 260 g/mol. The van der Waals surface area contributed by atoms with Crippen molar-refractivity contribution in [2.75, 3.05) is 0 Å². The Labute approximate surface area is 105 Å². The number of halogens is 1. The molecule has 3 rings (SSSR count).